The molecule has 17 heavy (non-hydrogen) atoms. The predicted molar refractivity (Wildman–Crippen MR) is 70.1 cm³/mol. The van der Waals surface area contributed by atoms with E-state index in [9.17, 15) is 0 Å². The zero-order valence-corrected chi connectivity index (χ0v) is 11.0. The predicted octanol–water partition coefficient (Wildman–Crippen LogP) is 0.857. The fourth-order valence-corrected chi connectivity index (χ4v) is 1.78. The van der Waals surface area contributed by atoms with Gasteiger partial charge in [0.25, 0.3) is 0 Å². The van der Waals surface area contributed by atoms with Crippen LogP contribution in [0, 0.1) is 11.3 Å². The molecule has 0 radical (unpaired) electrons. The molecule has 3 N–H and O–H groups in total. The third kappa shape index (κ3) is 4.19. The lowest BCUT2D eigenvalue weighted by molar-refractivity contribution is 0.272. The van der Waals surface area contributed by atoms with Gasteiger partial charge in [0.15, 0.2) is 0 Å². The van der Waals surface area contributed by atoms with E-state index in [0.717, 1.165) is 26.1 Å². The Kier molecular flexibility index (Phi) is 5.15. The number of nitrogens with zero attached hydrogens (tertiary/aromatic N) is 3. The maximum absolute atomic E-state index is 7.41. The molecule has 1 heterocycles. The zero-order chi connectivity index (χ0) is 12.8. The first-order valence-electron chi connectivity index (χ1n) is 6.07. The summed E-state index contributed by atoms with van der Waals surface area (Å²) in [6, 6.07) is 2.04. The van der Waals surface area contributed by atoms with Gasteiger partial charge in [0.05, 0.1) is 5.84 Å². The highest BCUT2D eigenvalue weighted by atomic mass is 15.3. The van der Waals surface area contributed by atoms with Crippen molar-refractivity contribution in [3.8, 4) is 0 Å². The molecule has 0 saturated heterocycles. The Labute approximate surface area is 103 Å². The summed E-state index contributed by atoms with van der Waals surface area (Å²) in [7, 11) is 1.96. The van der Waals surface area contributed by atoms with Gasteiger partial charge in [-0.05, 0) is 12.6 Å². The highest BCUT2D eigenvalue weighted by molar-refractivity contribution is 5.79. The highest BCUT2D eigenvalue weighted by Gasteiger charge is 2.11. The van der Waals surface area contributed by atoms with E-state index in [4.69, 9.17) is 11.1 Å². The molecule has 0 saturated carbocycles. The summed E-state index contributed by atoms with van der Waals surface area (Å²) in [5, 5.41) is 11.6. The third-order valence-electron chi connectivity index (χ3n) is 3.12. The van der Waals surface area contributed by atoms with Crippen LogP contribution in [0.2, 0.25) is 0 Å². The molecular weight excluding hydrogens is 214 g/mol. The lowest BCUT2D eigenvalue weighted by Gasteiger charge is -2.23. The van der Waals surface area contributed by atoms with Gasteiger partial charge in [0.2, 0.25) is 0 Å². The Balaban J connectivity index is 2.42. The molecule has 96 valence electrons. The molecule has 5 heteroatoms. The summed E-state index contributed by atoms with van der Waals surface area (Å²) < 4.78 is 1.91. The number of aryl methyl sites for hydroxylation is 1. The van der Waals surface area contributed by atoms with Gasteiger partial charge in [-0.2, -0.15) is 5.10 Å². The largest absolute Gasteiger partial charge is 0.387 e. The molecule has 1 aromatic rings. The van der Waals surface area contributed by atoms with Gasteiger partial charge in [-0.3, -0.25) is 10.1 Å². The standard InChI is InChI=1S/C12H23N5/c1-4-17(9-10(2)12(13)14)8-6-11-5-7-15-16(11)3/h5,7,10H,4,6,8-9H2,1-3H3,(H3,13,14). The minimum Gasteiger partial charge on any atom is -0.387 e. The van der Waals surface area contributed by atoms with Gasteiger partial charge in [0.1, 0.15) is 0 Å². The van der Waals surface area contributed by atoms with Crippen LogP contribution < -0.4 is 5.73 Å². The molecule has 1 aromatic heterocycles. The topological polar surface area (TPSA) is 70.9 Å². The molecule has 0 aliphatic carbocycles. The number of likely N-dealkylation sites (N-methyl/N-ethyl adjacent to an activating group) is 1. The first-order valence-corrected chi connectivity index (χ1v) is 6.07. The molecule has 1 atom stereocenters. The Hall–Kier alpha value is -1.36. The van der Waals surface area contributed by atoms with E-state index >= 15 is 0 Å². The Morgan fingerprint density at radius 1 is 1.65 bits per heavy atom. The molecule has 1 unspecified atom stereocenters. The number of amidine groups is 1. The van der Waals surface area contributed by atoms with Crippen LogP contribution >= 0.6 is 0 Å². The average Bonchev–Trinajstić information content (AvgIpc) is 2.69. The molecule has 0 aliphatic heterocycles. The van der Waals surface area contributed by atoms with Gasteiger partial charge in [-0.25, -0.2) is 0 Å². The fraction of sp³-hybridized carbons (Fsp3) is 0.667. The van der Waals surface area contributed by atoms with Crippen molar-refractivity contribution in [3.63, 3.8) is 0 Å². The second-order valence-electron chi connectivity index (χ2n) is 4.45. The minimum atomic E-state index is 0.126. The number of hydrogen-bond donors (Lipinski definition) is 2. The lowest BCUT2D eigenvalue weighted by Crippen LogP contribution is -2.35. The summed E-state index contributed by atoms with van der Waals surface area (Å²) in [6.45, 7) is 6.94. The van der Waals surface area contributed by atoms with Crippen LogP contribution in [0.1, 0.15) is 19.5 Å². The quantitative estimate of drug-likeness (QED) is 0.546. The van der Waals surface area contributed by atoms with Crippen molar-refractivity contribution in [2.45, 2.75) is 20.3 Å². The van der Waals surface area contributed by atoms with E-state index in [-0.39, 0.29) is 11.8 Å². The monoisotopic (exact) mass is 237 g/mol. The molecule has 5 nitrogen and oxygen atoms in total. The number of aromatic nitrogens is 2. The van der Waals surface area contributed by atoms with Crippen molar-refractivity contribution < 1.29 is 0 Å². The van der Waals surface area contributed by atoms with Gasteiger partial charge in [-0.1, -0.05) is 13.8 Å². The van der Waals surface area contributed by atoms with Crippen molar-refractivity contribution in [1.29, 1.82) is 5.41 Å². The first-order chi connectivity index (χ1) is 8.04. The molecule has 1 rings (SSSR count). The first kappa shape index (κ1) is 13.7. The summed E-state index contributed by atoms with van der Waals surface area (Å²) in [5.41, 5.74) is 6.73. The molecule has 0 bridgehead atoms. The second kappa shape index (κ2) is 6.39. The smallest absolute Gasteiger partial charge is 0.0947 e. The van der Waals surface area contributed by atoms with E-state index in [0.29, 0.717) is 0 Å². The number of hydrogen-bond acceptors (Lipinski definition) is 3. The summed E-state index contributed by atoms with van der Waals surface area (Å²) in [5.74, 6) is 0.394. The van der Waals surface area contributed by atoms with Crippen molar-refractivity contribution in [1.82, 2.24) is 14.7 Å². The minimum absolute atomic E-state index is 0.126. The Morgan fingerprint density at radius 2 is 2.35 bits per heavy atom. The third-order valence-corrected chi connectivity index (χ3v) is 3.12. The Morgan fingerprint density at radius 3 is 2.82 bits per heavy atom. The van der Waals surface area contributed by atoms with Crippen LogP contribution in [0.5, 0.6) is 0 Å². The van der Waals surface area contributed by atoms with E-state index in [1.54, 1.807) is 0 Å². The molecule has 0 spiro atoms. The highest BCUT2D eigenvalue weighted by Crippen LogP contribution is 2.03. The van der Waals surface area contributed by atoms with E-state index in [1.807, 2.05) is 30.9 Å². The SMILES string of the molecule is CCN(CCc1ccnn1C)CC(C)C(=N)N. The summed E-state index contributed by atoms with van der Waals surface area (Å²) >= 11 is 0. The average molecular weight is 237 g/mol. The van der Waals surface area contributed by atoms with Crippen LogP contribution in [-0.4, -0.2) is 40.2 Å². The van der Waals surface area contributed by atoms with Crippen LogP contribution in [0.4, 0.5) is 0 Å². The molecule has 0 amide bonds. The van der Waals surface area contributed by atoms with Crippen molar-refractivity contribution >= 4 is 5.84 Å². The lowest BCUT2D eigenvalue weighted by atomic mass is 10.1. The summed E-state index contributed by atoms with van der Waals surface area (Å²) in [6.07, 6.45) is 2.80. The van der Waals surface area contributed by atoms with Gasteiger partial charge in [0, 0.05) is 44.4 Å². The van der Waals surface area contributed by atoms with Crippen LogP contribution in [-0.2, 0) is 13.5 Å². The van der Waals surface area contributed by atoms with Crippen LogP contribution in [0.25, 0.3) is 0 Å². The van der Waals surface area contributed by atoms with Crippen LogP contribution in [0.15, 0.2) is 12.3 Å². The zero-order valence-electron chi connectivity index (χ0n) is 11.0. The van der Waals surface area contributed by atoms with Crippen molar-refractivity contribution in [3.05, 3.63) is 18.0 Å². The summed E-state index contributed by atoms with van der Waals surface area (Å²) in [4.78, 5) is 2.32. The maximum atomic E-state index is 7.41. The van der Waals surface area contributed by atoms with Crippen molar-refractivity contribution in [2.75, 3.05) is 19.6 Å². The maximum Gasteiger partial charge on any atom is 0.0947 e. The van der Waals surface area contributed by atoms with Gasteiger partial charge in [-0.15, -0.1) is 0 Å². The molecule has 0 aliphatic rings. The van der Waals surface area contributed by atoms with E-state index < -0.39 is 0 Å². The normalized spacial score (nSPS) is 12.9. The molecule has 0 aromatic carbocycles. The van der Waals surface area contributed by atoms with Crippen LogP contribution in [0.3, 0.4) is 0 Å². The van der Waals surface area contributed by atoms with Gasteiger partial charge < -0.3 is 10.6 Å². The van der Waals surface area contributed by atoms with E-state index in [1.165, 1.54) is 5.69 Å². The second-order valence-corrected chi connectivity index (χ2v) is 4.45. The molecule has 0 fully saturated rings. The molecular formula is C12H23N5. The number of nitrogens with one attached hydrogen (secondary N) is 1. The van der Waals surface area contributed by atoms with Crippen molar-refractivity contribution in [2.24, 2.45) is 18.7 Å². The number of nitrogens with two attached hydrogens (primary N) is 1. The fourth-order valence-electron chi connectivity index (χ4n) is 1.78. The van der Waals surface area contributed by atoms with E-state index in [2.05, 4.69) is 16.9 Å². The van der Waals surface area contributed by atoms with Gasteiger partial charge >= 0.3 is 0 Å². The Bertz CT molecular complexity index is 358. The number of rotatable bonds is 7.